The topological polar surface area (TPSA) is 78.5 Å². The Hall–Kier alpha value is -3.43. The van der Waals surface area contributed by atoms with Crippen molar-refractivity contribution in [2.75, 3.05) is 11.9 Å². The molecule has 1 fully saturated rings. The number of urea groups is 1. The zero-order valence-corrected chi connectivity index (χ0v) is 15.0. The first kappa shape index (κ1) is 20.3. The van der Waals surface area contributed by atoms with Crippen LogP contribution in [0.3, 0.4) is 0 Å². The van der Waals surface area contributed by atoms with Gasteiger partial charge in [-0.3, -0.25) is 14.5 Å². The number of hydrogen-bond acceptors (Lipinski definition) is 3. The van der Waals surface area contributed by atoms with E-state index < -0.39 is 47.5 Å². The van der Waals surface area contributed by atoms with Gasteiger partial charge in [0, 0.05) is 5.69 Å². The first-order valence-electron chi connectivity index (χ1n) is 8.38. The molecule has 152 valence electrons. The van der Waals surface area contributed by atoms with Crippen molar-refractivity contribution in [1.29, 1.82) is 0 Å². The molecule has 4 amide bonds. The summed E-state index contributed by atoms with van der Waals surface area (Å²) in [4.78, 5) is 37.8. The summed E-state index contributed by atoms with van der Waals surface area (Å²) in [5, 5.41) is 4.80. The Bertz CT molecular complexity index is 958. The van der Waals surface area contributed by atoms with Crippen LogP contribution in [-0.2, 0) is 21.3 Å². The fraction of sp³-hybridized carbons (Fsp3) is 0.211. The summed E-state index contributed by atoms with van der Waals surface area (Å²) in [7, 11) is 0. The average Bonchev–Trinajstić information content (AvgIpc) is 2.86. The van der Waals surface area contributed by atoms with Gasteiger partial charge in [-0.1, -0.05) is 12.1 Å². The van der Waals surface area contributed by atoms with E-state index in [-0.39, 0.29) is 5.69 Å². The summed E-state index contributed by atoms with van der Waals surface area (Å²) < 4.78 is 50.9. The molecule has 1 atom stereocenters. The van der Waals surface area contributed by atoms with Gasteiger partial charge >= 0.3 is 12.2 Å². The van der Waals surface area contributed by atoms with Crippen LogP contribution in [0.4, 0.5) is 28.0 Å². The summed E-state index contributed by atoms with van der Waals surface area (Å²) in [5.74, 6) is -1.99. The van der Waals surface area contributed by atoms with Crippen LogP contribution in [0.2, 0.25) is 0 Å². The SMILES string of the molecule is CC1(c2ccc(F)cc2)NC(=O)N(CC(=O)Nc2ccc(C(F)(F)F)cc2)C1=O. The Morgan fingerprint density at radius 1 is 1.07 bits per heavy atom. The molecule has 1 heterocycles. The maximum absolute atomic E-state index is 13.1. The maximum Gasteiger partial charge on any atom is 0.416 e. The third-order valence-electron chi connectivity index (χ3n) is 4.49. The van der Waals surface area contributed by atoms with Gasteiger partial charge < -0.3 is 10.6 Å². The number of carbonyl (C=O) groups is 3. The lowest BCUT2D eigenvalue weighted by molar-refractivity contribution is -0.137. The van der Waals surface area contributed by atoms with Gasteiger partial charge in [-0.15, -0.1) is 0 Å². The van der Waals surface area contributed by atoms with Crippen LogP contribution in [0.1, 0.15) is 18.1 Å². The molecule has 10 heteroatoms. The smallest absolute Gasteiger partial charge is 0.325 e. The molecule has 29 heavy (non-hydrogen) atoms. The molecule has 1 aliphatic heterocycles. The van der Waals surface area contributed by atoms with Crippen molar-refractivity contribution >= 4 is 23.5 Å². The molecule has 0 aliphatic carbocycles. The van der Waals surface area contributed by atoms with Crippen molar-refractivity contribution in [3.05, 3.63) is 65.5 Å². The van der Waals surface area contributed by atoms with E-state index in [4.69, 9.17) is 0 Å². The predicted molar refractivity (Wildman–Crippen MR) is 94.1 cm³/mol. The van der Waals surface area contributed by atoms with Gasteiger partial charge in [-0.2, -0.15) is 13.2 Å². The molecule has 0 bridgehead atoms. The summed E-state index contributed by atoms with van der Waals surface area (Å²) >= 11 is 0. The van der Waals surface area contributed by atoms with Crippen LogP contribution in [0.25, 0.3) is 0 Å². The van der Waals surface area contributed by atoms with E-state index in [9.17, 15) is 31.9 Å². The molecular weight excluding hydrogens is 394 g/mol. The molecule has 3 rings (SSSR count). The second-order valence-electron chi connectivity index (χ2n) is 6.58. The Balaban J connectivity index is 1.69. The third-order valence-corrected chi connectivity index (χ3v) is 4.49. The Labute approximate surface area is 162 Å². The van der Waals surface area contributed by atoms with E-state index in [1.54, 1.807) is 0 Å². The lowest BCUT2D eigenvalue weighted by Crippen LogP contribution is -2.42. The van der Waals surface area contributed by atoms with E-state index in [0.29, 0.717) is 10.5 Å². The molecule has 1 aliphatic rings. The summed E-state index contributed by atoms with van der Waals surface area (Å²) in [6.45, 7) is 0.788. The molecule has 0 spiro atoms. The highest BCUT2D eigenvalue weighted by molar-refractivity contribution is 6.10. The van der Waals surface area contributed by atoms with Crippen molar-refractivity contribution in [3.8, 4) is 0 Å². The highest BCUT2D eigenvalue weighted by atomic mass is 19.4. The minimum Gasteiger partial charge on any atom is -0.325 e. The van der Waals surface area contributed by atoms with Gasteiger partial charge in [-0.25, -0.2) is 9.18 Å². The molecule has 2 N–H and O–H groups in total. The monoisotopic (exact) mass is 409 g/mol. The first-order valence-corrected chi connectivity index (χ1v) is 8.38. The van der Waals surface area contributed by atoms with E-state index in [1.165, 1.54) is 19.1 Å². The molecule has 2 aromatic rings. The van der Waals surface area contributed by atoms with Gasteiger partial charge in [0.2, 0.25) is 5.91 Å². The molecule has 6 nitrogen and oxygen atoms in total. The number of rotatable bonds is 4. The van der Waals surface area contributed by atoms with Gasteiger partial charge in [0.05, 0.1) is 5.56 Å². The second kappa shape index (κ2) is 7.19. The summed E-state index contributed by atoms with van der Waals surface area (Å²) in [5.41, 5.74) is -1.93. The minimum atomic E-state index is -4.51. The highest BCUT2D eigenvalue weighted by Gasteiger charge is 2.49. The number of hydrogen-bond donors (Lipinski definition) is 2. The van der Waals surface area contributed by atoms with Crippen LogP contribution >= 0.6 is 0 Å². The number of halogens is 4. The quantitative estimate of drug-likeness (QED) is 0.601. The average molecular weight is 409 g/mol. The van der Waals surface area contributed by atoms with Gasteiger partial charge in [0.25, 0.3) is 5.91 Å². The number of imide groups is 1. The lowest BCUT2D eigenvalue weighted by Gasteiger charge is -2.22. The summed E-state index contributed by atoms with van der Waals surface area (Å²) in [6, 6.07) is 7.89. The van der Waals surface area contributed by atoms with Crippen LogP contribution in [0.15, 0.2) is 48.5 Å². The Kier molecular flexibility index (Phi) is 5.04. The highest BCUT2D eigenvalue weighted by Crippen LogP contribution is 2.30. The van der Waals surface area contributed by atoms with E-state index in [1.807, 2.05) is 0 Å². The molecule has 0 saturated carbocycles. The largest absolute Gasteiger partial charge is 0.416 e. The maximum atomic E-state index is 13.1. The number of carbonyl (C=O) groups excluding carboxylic acids is 3. The van der Waals surface area contributed by atoms with Crippen LogP contribution < -0.4 is 10.6 Å². The minimum absolute atomic E-state index is 0.0800. The number of amides is 4. The van der Waals surface area contributed by atoms with Crippen LogP contribution in [-0.4, -0.2) is 29.3 Å². The second-order valence-corrected chi connectivity index (χ2v) is 6.58. The predicted octanol–water partition coefficient (Wildman–Crippen LogP) is 3.25. The van der Waals surface area contributed by atoms with Crippen molar-refractivity contribution in [2.24, 2.45) is 0 Å². The van der Waals surface area contributed by atoms with Crippen LogP contribution in [0.5, 0.6) is 0 Å². The molecule has 1 saturated heterocycles. The molecule has 0 radical (unpaired) electrons. The lowest BCUT2D eigenvalue weighted by atomic mass is 9.92. The number of nitrogens with zero attached hydrogens (tertiary/aromatic N) is 1. The van der Waals surface area contributed by atoms with E-state index in [2.05, 4.69) is 10.6 Å². The number of alkyl halides is 3. The van der Waals surface area contributed by atoms with Crippen molar-refractivity contribution in [1.82, 2.24) is 10.2 Å². The number of benzene rings is 2. The first-order chi connectivity index (χ1) is 13.5. The normalized spacial score (nSPS) is 19.3. The zero-order chi connectivity index (χ0) is 21.4. The van der Waals surface area contributed by atoms with Crippen LogP contribution in [0, 0.1) is 5.82 Å². The number of anilines is 1. The zero-order valence-electron chi connectivity index (χ0n) is 15.0. The fourth-order valence-electron chi connectivity index (χ4n) is 2.91. The van der Waals surface area contributed by atoms with E-state index >= 15 is 0 Å². The summed E-state index contributed by atoms with van der Waals surface area (Å²) in [6.07, 6.45) is -4.51. The van der Waals surface area contributed by atoms with Crippen molar-refractivity contribution in [2.45, 2.75) is 18.6 Å². The standard InChI is InChI=1S/C19H15F4N3O3/c1-18(11-2-6-13(20)7-3-11)16(28)26(17(29)25-18)10-15(27)24-14-8-4-12(5-9-14)19(21,22)23/h2-9H,10H2,1H3,(H,24,27)(H,25,29). The van der Waals surface area contributed by atoms with Gasteiger partial charge in [-0.05, 0) is 48.9 Å². The van der Waals surface area contributed by atoms with Gasteiger partial charge in [0.15, 0.2) is 0 Å². The van der Waals surface area contributed by atoms with Gasteiger partial charge in [0.1, 0.15) is 17.9 Å². The van der Waals surface area contributed by atoms with Crippen molar-refractivity contribution < 1.29 is 31.9 Å². The van der Waals surface area contributed by atoms with E-state index in [0.717, 1.165) is 36.4 Å². The molecular formula is C19H15F4N3O3. The Morgan fingerprint density at radius 2 is 1.66 bits per heavy atom. The Morgan fingerprint density at radius 3 is 2.21 bits per heavy atom. The third kappa shape index (κ3) is 4.05. The fourth-order valence-corrected chi connectivity index (χ4v) is 2.91. The molecule has 2 aromatic carbocycles. The molecule has 1 unspecified atom stereocenters. The number of nitrogens with one attached hydrogen (secondary N) is 2. The molecule has 0 aromatic heterocycles. The van der Waals surface area contributed by atoms with Crippen molar-refractivity contribution in [3.63, 3.8) is 0 Å².